The summed E-state index contributed by atoms with van der Waals surface area (Å²) in [6, 6.07) is 66.6. The molecule has 0 radical (unpaired) electrons. The lowest BCUT2D eigenvalue weighted by atomic mass is 10.0. The SMILES string of the molecule is c1ccc(-c2ccc(-c3nc(-c4ccccc4)nc(-n4c5ccccc5c5ccc6c7ccccc7n(-c7ccc8c(c7)sc7ccccc78)c6c54)n3)cc2)cc1. The van der Waals surface area contributed by atoms with E-state index in [0.29, 0.717) is 17.6 Å². The molecule has 57 heavy (non-hydrogen) atoms. The molecule has 0 aliphatic carbocycles. The summed E-state index contributed by atoms with van der Waals surface area (Å²) < 4.78 is 7.26. The van der Waals surface area contributed by atoms with E-state index in [0.717, 1.165) is 55.2 Å². The zero-order chi connectivity index (χ0) is 37.5. The third-order valence-corrected chi connectivity index (χ3v) is 12.3. The number of nitrogens with zero attached hydrogens (tertiary/aromatic N) is 5. The van der Waals surface area contributed by atoms with Crippen molar-refractivity contribution in [3.63, 3.8) is 0 Å². The number of hydrogen-bond donors (Lipinski definition) is 0. The van der Waals surface area contributed by atoms with Crippen molar-refractivity contribution in [2.24, 2.45) is 0 Å². The molecule has 4 aromatic heterocycles. The van der Waals surface area contributed by atoms with Gasteiger partial charge in [-0.25, -0.2) is 4.98 Å². The lowest BCUT2D eigenvalue weighted by Gasteiger charge is -2.13. The zero-order valence-electron chi connectivity index (χ0n) is 30.5. The number of aromatic nitrogens is 5. The van der Waals surface area contributed by atoms with Crippen LogP contribution in [0, 0.1) is 0 Å². The van der Waals surface area contributed by atoms with Crippen LogP contribution in [0.1, 0.15) is 0 Å². The molecule has 0 aliphatic heterocycles. The lowest BCUT2D eigenvalue weighted by Crippen LogP contribution is -2.07. The molecule has 0 spiro atoms. The summed E-state index contributed by atoms with van der Waals surface area (Å²) in [7, 11) is 0. The van der Waals surface area contributed by atoms with Gasteiger partial charge in [-0.2, -0.15) is 9.97 Å². The molecule has 0 aliphatic rings. The fourth-order valence-electron chi connectivity index (χ4n) is 8.58. The van der Waals surface area contributed by atoms with Gasteiger partial charge in [-0.15, -0.1) is 11.3 Å². The summed E-state index contributed by atoms with van der Waals surface area (Å²) in [5, 5.41) is 7.22. The van der Waals surface area contributed by atoms with Crippen molar-refractivity contribution in [2.75, 3.05) is 0 Å². The molecular weight excluding hydrogens is 715 g/mol. The van der Waals surface area contributed by atoms with E-state index in [4.69, 9.17) is 15.0 Å². The average Bonchev–Trinajstić information content (AvgIpc) is 3.94. The molecule has 266 valence electrons. The molecule has 0 amide bonds. The Balaban J connectivity index is 1.17. The van der Waals surface area contributed by atoms with E-state index >= 15 is 0 Å². The van der Waals surface area contributed by atoms with Gasteiger partial charge in [0.05, 0.1) is 22.1 Å². The molecule has 8 aromatic carbocycles. The Morgan fingerprint density at radius 1 is 0.333 bits per heavy atom. The number of hydrogen-bond acceptors (Lipinski definition) is 4. The van der Waals surface area contributed by atoms with E-state index in [2.05, 4.69) is 173 Å². The van der Waals surface area contributed by atoms with Crippen molar-refractivity contribution in [2.45, 2.75) is 0 Å². The van der Waals surface area contributed by atoms with Gasteiger partial charge >= 0.3 is 0 Å². The smallest absolute Gasteiger partial charge is 0.238 e. The van der Waals surface area contributed by atoms with Crippen LogP contribution in [-0.2, 0) is 0 Å². The molecule has 0 bridgehead atoms. The van der Waals surface area contributed by atoms with Crippen LogP contribution in [0.25, 0.3) is 109 Å². The highest BCUT2D eigenvalue weighted by molar-refractivity contribution is 7.25. The molecule has 12 aromatic rings. The topological polar surface area (TPSA) is 48.5 Å². The minimum absolute atomic E-state index is 0.571. The fraction of sp³-hybridized carbons (Fsp3) is 0. The molecule has 4 heterocycles. The zero-order valence-corrected chi connectivity index (χ0v) is 31.4. The molecule has 0 N–H and O–H groups in total. The molecule has 0 unspecified atom stereocenters. The van der Waals surface area contributed by atoms with Crippen LogP contribution in [0.2, 0.25) is 0 Å². The van der Waals surface area contributed by atoms with Gasteiger partial charge in [0.2, 0.25) is 5.95 Å². The molecule has 6 heteroatoms. The van der Waals surface area contributed by atoms with Crippen molar-refractivity contribution in [1.29, 1.82) is 0 Å². The Morgan fingerprint density at radius 3 is 1.49 bits per heavy atom. The van der Waals surface area contributed by atoms with Crippen LogP contribution in [0.4, 0.5) is 0 Å². The van der Waals surface area contributed by atoms with Gasteiger partial charge in [0.1, 0.15) is 0 Å². The van der Waals surface area contributed by atoms with Gasteiger partial charge in [-0.05, 0) is 41.5 Å². The molecule has 0 saturated heterocycles. The van der Waals surface area contributed by atoms with Crippen LogP contribution in [0.15, 0.2) is 188 Å². The second-order valence-corrected chi connectivity index (χ2v) is 15.5. The van der Waals surface area contributed by atoms with Crippen molar-refractivity contribution >= 4 is 75.1 Å². The highest BCUT2D eigenvalue weighted by Crippen LogP contribution is 2.43. The van der Waals surface area contributed by atoms with Crippen LogP contribution in [0.5, 0.6) is 0 Å². The predicted molar refractivity (Wildman–Crippen MR) is 238 cm³/mol. The molecule has 0 atom stereocenters. The Bertz CT molecular complexity index is 3510. The van der Waals surface area contributed by atoms with E-state index in [1.165, 1.54) is 36.5 Å². The summed E-state index contributed by atoms with van der Waals surface area (Å²) >= 11 is 1.84. The van der Waals surface area contributed by atoms with E-state index in [-0.39, 0.29) is 0 Å². The third kappa shape index (κ3) is 4.98. The number of para-hydroxylation sites is 2. The van der Waals surface area contributed by atoms with Gasteiger partial charge in [-0.3, -0.25) is 4.57 Å². The molecule has 0 fully saturated rings. The number of fused-ring (bicyclic) bond motifs is 10. The number of rotatable bonds is 5. The van der Waals surface area contributed by atoms with Gasteiger partial charge in [0.15, 0.2) is 11.6 Å². The second kappa shape index (κ2) is 12.6. The predicted octanol–water partition coefficient (Wildman–Crippen LogP) is 13.4. The van der Waals surface area contributed by atoms with Crippen molar-refractivity contribution < 1.29 is 0 Å². The summed E-state index contributed by atoms with van der Waals surface area (Å²) in [6.45, 7) is 0. The molecule has 12 rings (SSSR count). The Morgan fingerprint density at radius 2 is 0.807 bits per heavy atom. The fourth-order valence-corrected chi connectivity index (χ4v) is 9.72. The largest absolute Gasteiger partial charge is 0.307 e. The van der Waals surface area contributed by atoms with Gasteiger partial charge < -0.3 is 4.57 Å². The Kier molecular flexibility index (Phi) is 7.03. The van der Waals surface area contributed by atoms with Crippen LogP contribution in [0.3, 0.4) is 0 Å². The first-order valence-electron chi connectivity index (χ1n) is 19.1. The summed E-state index contributed by atoms with van der Waals surface area (Å²) in [4.78, 5) is 15.8. The van der Waals surface area contributed by atoms with E-state index in [9.17, 15) is 0 Å². The first-order chi connectivity index (χ1) is 28.3. The van der Waals surface area contributed by atoms with Gasteiger partial charge in [0.25, 0.3) is 0 Å². The minimum atomic E-state index is 0.571. The first-order valence-corrected chi connectivity index (χ1v) is 19.9. The summed E-state index contributed by atoms with van der Waals surface area (Å²) in [5.74, 6) is 1.81. The molecule has 5 nitrogen and oxygen atoms in total. The maximum absolute atomic E-state index is 5.34. The quantitative estimate of drug-likeness (QED) is 0.176. The maximum Gasteiger partial charge on any atom is 0.238 e. The standard InChI is InChI=1S/C51H31N5S/c1-3-13-32(14-4-1)33-23-25-35(26-24-33)50-52-49(34-15-5-2-6-16-34)53-51(54-50)56-44-21-11-8-18-38(44)42-30-29-41-37-17-7-10-20-43(37)55(47(41)48(42)56)36-27-28-40-39-19-9-12-22-45(39)57-46(40)31-36/h1-31H. The summed E-state index contributed by atoms with van der Waals surface area (Å²) in [6.07, 6.45) is 0. The van der Waals surface area contributed by atoms with Gasteiger partial charge in [0, 0.05) is 58.5 Å². The third-order valence-electron chi connectivity index (χ3n) is 11.2. The van der Waals surface area contributed by atoms with Crippen molar-refractivity contribution in [1.82, 2.24) is 24.1 Å². The van der Waals surface area contributed by atoms with Crippen LogP contribution >= 0.6 is 11.3 Å². The minimum Gasteiger partial charge on any atom is -0.307 e. The lowest BCUT2D eigenvalue weighted by molar-refractivity contribution is 0.953. The number of thiophene rings is 1. The molecule has 0 saturated carbocycles. The first kappa shape index (κ1) is 31.9. The van der Waals surface area contributed by atoms with Gasteiger partial charge in [-0.1, -0.05) is 158 Å². The Hall–Kier alpha value is -7.41. The van der Waals surface area contributed by atoms with E-state index < -0.39 is 0 Å². The highest BCUT2D eigenvalue weighted by atomic mass is 32.1. The maximum atomic E-state index is 5.34. The van der Waals surface area contributed by atoms with Crippen molar-refractivity contribution in [3.05, 3.63) is 188 Å². The average molecular weight is 746 g/mol. The highest BCUT2D eigenvalue weighted by Gasteiger charge is 2.24. The number of benzene rings is 8. The van der Waals surface area contributed by atoms with Crippen LogP contribution < -0.4 is 0 Å². The summed E-state index contributed by atoms with van der Waals surface area (Å²) in [5.41, 5.74) is 9.63. The van der Waals surface area contributed by atoms with E-state index in [1.807, 2.05) is 35.6 Å². The normalized spacial score (nSPS) is 11.9. The van der Waals surface area contributed by atoms with Crippen molar-refractivity contribution in [3.8, 4) is 45.5 Å². The Labute approximate surface area is 331 Å². The van der Waals surface area contributed by atoms with Crippen LogP contribution in [-0.4, -0.2) is 24.1 Å². The second-order valence-electron chi connectivity index (χ2n) is 14.4. The monoisotopic (exact) mass is 745 g/mol. The molecular formula is C51H31N5S. The van der Waals surface area contributed by atoms with E-state index in [1.54, 1.807) is 0 Å².